The van der Waals surface area contributed by atoms with E-state index in [0.29, 0.717) is 24.5 Å². The Bertz CT molecular complexity index is 687. The van der Waals surface area contributed by atoms with E-state index in [1.54, 1.807) is 13.2 Å². The number of amides is 2. The third-order valence-electron chi connectivity index (χ3n) is 5.78. The number of carbonyl (C=O) groups excluding carboxylic acids is 2. The van der Waals surface area contributed by atoms with Crippen LogP contribution in [0.1, 0.15) is 43.6 Å². The summed E-state index contributed by atoms with van der Waals surface area (Å²) in [5.41, 5.74) is 1.47. The number of ether oxygens (including phenoxy) is 2. The van der Waals surface area contributed by atoms with Gasteiger partial charge in [-0.15, -0.1) is 0 Å². The van der Waals surface area contributed by atoms with Gasteiger partial charge in [-0.1, -0.05) is 12.1 Å². The number of nitrogens with zero attached hydrogens (tertiary/aromatic N) is 1. The highest BCUT2D eigenvalue weighted by Gasteiger charge is 2.42. The second kappa shape index (κ2) is 6.33. The maximum absolute atomic E-state index is 13.1. The van der Waals surface area contributed by atoms with E-state index in [1.807, 2.05) is 17.0 Å². The largest absolute Gasteiger partial charge is 0.495 e. The Morgan fingerprint density at radius 3 is 2.80 bits per heavy atom. The van der Waals surface area contributed by atoms with Crippen molar-refractivity contribution in [3.05, 3.63) is 23.8 Å². The predicted octanol–water partition coefficient (Wildman–Crippen LogP) is 2.29. The highest BCUT2D eigenvalue weighted by atomic mass is 16.5. The second-order valence-electron chi connectivity index (χ2n) is 7.19. The van der Waals surface area contributed by atoms with Gasteiger partial charge < -0.3 is 19.7 Å². The van der Waals surface area contributed by atoms with E-state index in [1.165, 1.54) is 0 Å². The number of likely N-dealkylation sites (tertiary alicyclic amines) is 1. The van der Waals surface area contributed by atoms with Crippen LogP contribution in [0.5, 0.6) is 5.75 Å². The van der Waals surface area contributed by atoms with Crippen LogP contribution in [0.2, 0.25) is 0 Å². The minimum absolute atomic E-state index is 0.0121. The van der Waals surface area contributed by atoms with Gasteiger partial charge in [-0.05, 0) is 37.3 Å². The van der Waals surface area contributed by atoms with Crippen LogP contribution in [0.15, 0.2) is 18.2 Å². The molecule has 1 atom stereocenters. The Hall–Kier alpha value is -2.08. The second-order valence-corrected chi connectivity index (χ2v) is 7.19. The van der Waals surface area contributed by atoms with E-state index >= 15 is 0 Å². The molecular formula is C19H24N2O4. The van der Waals surface area contributed by atoms with Gasteiger partial charge in [0, 0.05) is 26.1 Å². The van der Waals surface area contributed by atoms with Crippen molar-refractivity contribution in [3.63, 3.8) is 0 Å². The smallest absolute Gasteiger partial charge is 0.230 e. The molecule has 0 aromatic heterocycles. The molecule has 0 saturated carbocycles. The SMILES string of the molecule is COc1cccc2c1NC(=O)CC2C(=O)N1CCC2(CCCO2)CC1. The molecule has 6 heteroatoms. The van der Waals surface area contributed by atoms with Crippen molar-refractivity contribution < 1.29 is 19.1 Å². The standard InChI is InChI=1S/C19H24N2O4/c1-24-15-5-2-4-13-14(12-16(22)20-17(13)15)18(23)21-9-7-19(8-10-21)6-3-11-25-19/h2,4-5,14H,3,6-12H2,1H3,(H,20,22). The molecule has 3 aliphatic rings. The normalized spacial score (nSPS) is 24.8. The van der Waals surface area contributed by atoms with E-state index in [9.17, 15) is 9.59 Å². The quantitative estimate of drug-likeness (QED) is 0.894. The molecule has 25 heavy (non-hydrogen) atoms. The molecule has 3 aliphatic heterocycles. The Balaban J connectivity index is 1.54. The summed E-state index contributed by atoms with van der Waals surface area (Å²) < 4.78 is 11.3. The van der Waals surface area contributed by atoms with Crippen molar-refractivity contribution in [3.8, 4) is 5.75 Å². The lowest BCUT2D eigenvalue weighted by molar-refractivity contribution is -0.139. The fraction of sp³-hybridized carbons (Fsp3) is 0.579. The fourth-order valence-corrected chi connectivity index (χ4v) is 4.35. The van der Waals surface area contributed by atoms with Crippen LogP contribution in [0.4, 0.5) is 5.69 Å². The van der Waals surface area contributed by atoms with E-state index in [0.717, 1.165) is 37.9 Å². The van der Waals surface area contributed by atoms with Crippen LogP contribution in [-0.4, -0.2) is 49.1 Å². The molecular weight excluding hydrogens is 320 g/mol. The first-order valence-corrected chi connectivity index (χ1v) is 9.01. The molecule has 4 rings (SSSR count). The number of nitrogens with one attached hydrogen (secondary N) is 1. The van der Waals surface area contributed by atoms with Crippen LogP contribution in [0, 0.1) is 0 Å². The Kier molecular flexibility index (Phi) is 4.15. The highest BCUT2D eigenvalue weighted by molar-refractivity contribution is 6.02. The van der Waals surface area contributed by atoms with Crippen molar-refractivity contribution in [1.29, 1.82) is 0 Å². The van der Waals surface area contributed by atoms with Crippen molar-refractivity contribution in [2.24, 2.45) is 0 Å². The van der Waals surface area contributed by atoms with Gasteiger partial charge in [0.25, 0.3) is 0 Å². The van der Waals surface area contributed by atoms with Gasteiger partial charge in [0.15, 0.2) is 0 Å². The van der Waals surface area contributed by atoms with Gasteiger partial charge in [0.1, 0.15) is 5.75 Å². The average Bonchev–Trinajstić information content (AvgIpc) is 3.08. The maximum Gasteiger partial charge on any atom is 0.230 e. The molecule has 0 radical (unpaired) electrons. The zero-order valence-electron chi connectivity index (χ0n) is 14.5. The van der Waals surface area contributed by atoms with Crippen molar-refractivity contribution >= 4 is 17.5 Å². The van der Waals surface area contributed by atoms with Crippen molar-refractivity contribution in [2.75, 3.05) is 32.1 Å². The molecule has 1 unspecified atom stereocenters. The average molecular weight is 344 g/mol. The number of hydrogen-bond donors (Lipinski definition) is 1. The molecule has 6 nitrogen and oxygen atoms in total. The van der Waals surface area contributed by atoms with Gasteiger partial charge in [-0.25, -0.2) is 0 Å². The lowest BCUT2D eigenvalue weighted by Crippen LogP contribution is -2.48. The predicted molar refractivity (Wildman–Crippen MR) is 92.7 cm³/mol. The zero-order valence-corrected chi connectivity index (χ0v) is 14.5. The number of methoxy groups -OCH3 is 1. The van der Waals surface area contributed by atoms with Crippen LogP contribution in [0.25, 0.3) is 0 Å². The van der Waals surface area contributed by atoms with E-state index in [2.05, 4.69) is 5.32 Å². The van der Waals surface area contributed by atoms with Crippen LogP contribution in [0.3, 0.4) is 0 Å². The van der Waals surface area contributed by atoms with Gasteiger partial charge in [0.05, 0.1) is 24.3 Å². The summed E-state index contributed by atoms with van der Waals surface area (Å²) in [5.74, 6) is 0.0675. The summed E-state index contributed by atoms with van der Waals surface area (Å²) in [6.07, 6.45) is 4.19. The summed E-state index contributed by atoms with van der Waals surface area (Å²) >= 11 is 0. The topological polar surface area (TPSA) is 67.9 Å². The summed E-state index contributed by atoms with van der Waals surface area (Å²) in [4.78, 5) is 27.2. The first kappa shape index (κ1) is 16.4. The first-order chi connectivity index (χ1) is 12.1. The van der Waals surface area contributed by atoms with E-state index in [4.69, 9.17) is 9.47 Å². The Morgan fingerprint density at radius 1 is 1.32 bits per heavy atom. The number of carbonyl (C=O) groups is 2. The first-order valence-electron chi connectivity index (χ1n) is 9.01. The minimum Gasteiger partial charge on any atom is -0.495 e. The number of rotatable bonds is 2. The summed E-state index contributed by atoms with van der Waals surface area (Å²) in [6, 6.07) is 5.58. The van der Waals surface area contributed by atoms with Gasteiger partial charge >= 0.3 is 0 Å². The zero-order chi connectivity index (χ0) is 17.4. The molecule has 1 aromatic carbocycles. The lowest BCUT2D eigenvalue weighted by atomic mass is 9.85. The van der Waals surface area contributed by atoms with Crippen LogP contribution >= 0.6 is 0 Å². The summed E-state index contributed by atoms with van der Waals surface area (Å²) in [6.45, 7) is 2.25. The van der Waals surface area contributed by atoms with Crippen LogP contribution < -0.4 is 10.1 Å². The monoisotopic (exact) mass is 344 g/mol. The number of benzene rings is 1. The molecule has 2 fully saturated rings. The maximum atomic E-state index is 13.1. The molecule has 2 saturated heterocycles. The van der Waals surface area contributed by atoms with E-state index < -0.39 is 5.92 Å². The Morgan fingerprint density at radius 2 is 2.12 bits per heavy atom. The molecule has 3 heterocycles. The van der Waals surface area contributed by atoms with Gasteiger partial charge in [-0.2, -0.15) is 0 Å². The molecule has 1 aromatic rings. The molecule has 0 aliphatic carbocycles. The number of para-hydroxylation sites is 1. The Labute approximate surface area is 147 Å². The number of piperidine rings is 1. The molecule has 2 amide bonds. The van der Waals surface area contributed by atoms with Gasteiger partial charge in [0.2, 0.25) is 11.8 Å². The molecule has 0 bridgehead atoms. The third kappa shape index (κ3) is 2.88. The summed E-state index contributed by atoms with van der Waals surface area (Å²) in [5, 5.41) is 2.85. The highest BCUT2D eigenvalue weighted by Crippen LogP contribution is 2.41. The molecule has 1 N–H and O–H groups in total. The van der Waals surface area contributed by atoms with Crippen molar-refractivity contribution in [2.45, 2.75) is 43.6 Å². The van der Waals surface area contributed by atoms with Crippen molar-refractivity contribution in [1.82, 2.24) is 4.90 Å². The van der Waals surface area contributed by atoms with Gasteiger partial charge in [-0.3, -0.25) is 9.59 Å². The number of hydrogen-bond acceptors (Lipinski definition) is 4. The lowest BCUT2D eigenvalue weighted by Gasteiger charge is -2.40. The molecule has 134 valence electrons. The number of fused-ring (bicyclic) bond motifs is 1. The summed E-state index contributed by atoms with van der Waals surface area (Å²) in [7, 11) is 1.57. The molecule has 1 spiro atoms. The fourth-order valence-electron chi connectivity index (χ4n) is 4.35. The van der Waals surface area contributed by atoms with Crippen LogP contribution in [-0.2, 0) is 14.3 Å². The third-order valence-corrected chi connectivity index (χ3v) is 5.78. The minimum atomic E-state index is -0.433. The number of anilines is 1. The van der Waals surface area contributed by atoms with E-state index in [-0.39, 0.29) is 23.8 Å².